The second kappa shape index (κ2) is 8.82. The summed E-state index contributed by atoms with van der Waals surface area (Å²) in [5.41, 5.74) is 2.67. The molecule has 1 atom stereocenters. The van der Waals surface area contributed by atoms with E-state index in [1.54, 1.807) is 10.9 Å². The van der Waals surface area contributed by atoms with Gasteiger partial charge in [0.05, 0.1) is 24.9 Å². The molecule has 28 heavy (non-hydrogen) atoms. The summed E-state index contributed by atoms with van der Waals surface area (Å²) in [7, 11) is 0. The maximum absolute atomic E-state index is 12.9. The van der Waals surface area contributed by atoms with Crippen molar-refractivity contribution in [2.75, 3.05) is 32.8 Å². The van der Waals surface area contributed by atoms with Crippen LogP contribution in [0.1, 0.15) is 22.0 Å². The Labute approximate surface area is 164 Å². The summed E-state index contributed by atoms with van der Waals surface area (Å²) in [4.78, 5) is 15.2. The number of benzene rings is 2. The topological polar surface area (TPSA) is 59.4 Å². The molecule has 1 aliphatic rings. The molecule has 2 heterocycles. The molecule has 0 spiro atoms. The van der Waals surface area contributed by atoms with E-state index < -0.39 is 0 Å². The highest BCUT2D eigenvalue weighted by Gasteiger charge is 2.20. The highest BCUT2D eigenvalue weighted by atomic mass is 16.5. The molecule has 0 aliphatic carbocycles. The molecule has 1 unspecified atom stereocenters. The van der Waals surface area contributed by atoms with Crippen LogP contribution in [0.5, 0.6) is 0 Å². The van der Waals surface area contributed by atoms with Crippen LogP contribution in [0, 0.1) is 0 Å². The molecular weight excluding hydrogens is 352 g/mol. The first-order chi connectivity index (χ1) is 13.8. The number of aromatic nitrogens is 2. The largest absolute Gasteiger partial charge is 0.379 e. The molecule has 6 heteroatoms. The summed E-state index contributed by atoms with van der Waals surface area (Å²) in [6.45, 7) is 4.02. The first-order valence-corrected chi connectivity index (χ1v) is 9.55. The first-order valence-electron chi connectivity index (χ1n) is 9.55. The fourth-order valence-corrected chi connectivity index (χ4v) is 3.39. The van der Waals surface area contributed by atoms with Crippen molar-refractivity contribution in [2.24, 2.45) is 0 Å². The maximum atomic E-state index is 12.9. The van der Waals surface area contributed by atoms with Crippen LogP contribution in [0.2, 0.25) is 0 Å². The number of hydrogen-bond donors (Lipinski definition) is 1. The Balaban J connectivity index is 1.48. The van der Waals surface area contributed by atoms with Crippen molar-refractivity contribution in [1.29, 1.82) is 0 Å². The van der Waals surface area contributed by atoms with Crippen molar-refractivity contribution >= 4 is 5.91 Å². The monoisotopic (exact) mass is 376 g/mol. The Bertz CT molecular complexity index is 873. The Kier molecular flexibility index (Phi) is 5.80. The lowest BCUT2D eigenvalue weighted by Crippen LogP contribution is -2.43. The van der Waals surface area contributed by atoms with Gasteiger partial charge in [-0.3, -0.25) is 9.69 Å². The number of carbonyl (C=O) groups excluding carboxylic acids is 1. The fraction of sp³-hybridized carbons (Fsp3) is 0.273. The lowest BCUT2D eigenvalue weighted by Gasteiger charge is -2.31. The predicted molar refractivity (Wildman–Crippen MR) is 107 cm³/mol. The van der Waals surface area contributed by atoms with Gasteiger partial charge in [-0.1, -0.05) is 30.3 Å². The molecule has 3 aromatic rings. The third-order valence-corrected chi connectivity index (χ3v) is 4.95. The summed E-state index contributed by atoms with van der Waals surface area (Å²) in [6.07, 6.45) is 3.61. The highest BCUT2D eigenvalue weighted by molar-refractivity contribution is 5.94. The molecule has 0 bridgehead atoms. The van der Waals surface area contributed by atoms with Crippen LogP contribution in [0.15, 0.2) is 73.1 Å². The van der Waals surface area contributed by atoms with Crippen LogP contribution in [0.25, 0.3) is 5.69 Å². The average molecular weight is 376 g/mol. The Morgan fingerprint density at radius 1 is 1.04 bits per heavy atom. The summed E-state index contributed by atoms with van der Waals surface area (Å²) in [5.74, 6) is -0.0749. The molecule has 144 valence electrons. The second-order valence-corrected chi connectivity index (χ2v) is 6.85. The van der Waals surface area contributed by atoms with E-state index in [1.165, 1.54) is 0 Å². The van der Waals surface area contributed by atoms with Gasteiger partial charge in [0.25, 0.3) is 5.91 Å². The van der Waals surface area contributed by atoms with Gasteiger partial charge in [0.15, 0.2) is 0 Å². The van der Waals surface area contributed by atoms with Crippen molar-refractivity contribution in [2.45, 2.75) is 6.04 Å². The van der Waals surface area contributed by atoms with Gasteiger partial charge in [0, 0.05) is 37.6 Å². The number of morpholine rings is 1. The first kappa shape index (κ1) is 18.4. The van der Waals surface area contributed by atoms with Crippen molar-refractivity contribution in [3.63, 3.8) is 0 Å². The van der Waals surface area contributed by atoms with E-state index >= 15 is 0 Å². The predicted octanol–water partition coefficient (Wildman–Crippen LogP) is 2.68. The average Bonchev–Trinajstić information content (AvgIpc) is 3.30. The van der Waals surface area contributed by atoms with E-state index in [0.29, 0.717) is 5.56 Å². The zero-order valence-corrected chi connectivity index (χ0v) is 15.7. The minimum Gasteiger partial charge on any atom is -0.379 e. The number of hydrogen-bond acceptors (Lipinski definition) is 4. The van der Waals surface area contributed by atoms with Gasteiger partial charge in [-0.15, -0.1) is 0 Å². The second-order valence-electron chi connectivity index (χ2n) is 6.85. The van der Waals surface area contributed by atoms with Crippen molar-refractivity contribution < 1.29 is 9.53 Å². The fourth-order valence-electron chi connectivity index (χ4n) is 3.39. The zero-order valence-electron chi connectivity index (χ0n) is 15.7. The Hall–Kier alpha value is -2.96. The smallest absolute Gasteiger partial charge is 0.251 e. The SMILES string of the molecule is O=C(NC(CN1CCOCC1)c1ccccc1)c1ccc(-n2cccn2)cc1. The van der Waals surface area contributed by atoms with Crippen molar-refractivity contribution in [1.82, 2.24) is 20.0 Å². The maximum Gasteiger partial charge on any atom is 0.251 e. The van der Waals surface area contributed by atoms with Crippen molar-refractivity contribution in [3.05, 3.63) is 84.2 Å². The number of carbonyl (C=O) groups is 1. The standard InChI is InChI=1S/C22H24N4O2/c27-22(19-7-9-20(10-8-19)26-12-4-11-23-26)24-21(18-5-2-1-3-6-18)17-25-13-15-28-16-14-25/h1-12,21H,13-17H2,(H,24,27). The van der Waals surface area contributed by atoms with E-state index in [1.807, 2.05) is 54.7 Å². The molecule has 1 N–H and O–H groups in total. The molecule has 1 amide bonds. The lowest BCUT2D eigenvalue weighted by molar-refractivity contribution is 0.0332. The minimum atomic E-state index is -0.0749. The number of amides is 1. The molecule has 1 fully saturated rings. The van der Waals surface area contributed by atoms with Crippen LogP contribution in [0.4, 0.5) is 0 Å². The lowest BCUT2D eigenvalue weighted by atomic mass is 10.1. The Morgan fingerprint density at radius 3 is 2.46 bits per heavy atom. The van der Waals surface area contributed by atoms with Gasteiger partial charge in [0.1, 0.15) is 0 Å². The number of nitrogens with one attached hydrogen (secondary N) is 1. The molecule has 1 aliphatic heterocycles. The Morgan fingerprint density at radius 2 is 1.79 bits per heavy atom. The van der Waals surface area contributed by atoms with Crippen LogP contribution < -0.4 is 5.32 Å². The summed E-state index contributed by atoms with van der Waals surface area (Å²) in [6, 6.07) is 19.4. The molecule has 0 radical (unpaired) electrons. The van der Waals surface area contributed by atoms with Gasteiger partial charge in [0.2, 0.25) is 0 Å². The molecule has 1 saturated heterocycles. The molecule has 1 aromatic heterocycles. The van der Waals surface area contributed by atoms with E-state index in [-0.39, 0.29) is 11.9 Å². The van der Waals surface area contributed by atoms with Crippen LogP contribution in [-0.4, -0.2) is 53.4 Å². The van der Waals surface area contributed by atoms with E-state index in [2.05, 4.69) is 27.4 Å². The zero-order chi connectivity index (χ0) is 19.2. The van der Waals surface area contributed by atoms with Gasteiger partial charge in [-0.2, -0.15) is 5.10 Å². The highest BCUT2D eigenvalue weighted by Crippen LogP contribution is 2.17. The number of rotatable bonds is 6. The molecule has 0 saturated carbocycles. The van der Waals surface area contributed by atoms with E-state index in [4.69, 9.17) is 4.74 Å². The van der Waals surface area contributed by atoms with Crippen LogP contribution >= 0.6 is 0 Å². The van der Waals surface area contributed by atoms with Crippen LogP contribution in [-0.2, 0) is 4.74 Å². The third kappa shape index (κ3) is 4.47. The quantitative estimate of drug-likeness (QED) is 0.719. The van der Waals surface area contributed by atoms with Gasteiger partial charge < -0.3 is 10.1 Å². The molecule has 4 rings (SSSR count). The summed E-state index contributed by atoms with van der Waals surface area (Å²) >= 11 is 0. The van der Waals surface area contributed by atoms with Crippen molar-refractivity contribution in [3.8, 4) is 5.69 Å². The normalized spacial score (nSPS) is 15.9. The third-order valence-electron chi connectivity index (χ3n) is 4.95. The minimum absolute atomic E-state index is 0.0717. The van der Waals surface area contributed by atoms with Crippen LogP contribution in [0.3, 0.4) is 0 Å². The number of ether oxygens (including phenoxy) is 1. The summed E-state index contributed by atoms with van der Waals surface area (Å²) < 4.78 is 7.21. The molecule has 6 nitrogen and oxygen atoms in total. The summed E-state index contributed by atoms with van der Waals surface area (Å²) in [5, 5.41) is 7.42. The van der Waals surface area contributed by atoms with Gasteiger partial charge >= 0.3 is 0 Å². The van der Waals surface area contributed by atoms with Gasteiger partial charge in [-0.05, 0) is 35.9 Å². The van der Waals surface area contributed by atoms with Gasteiger partial charge in [-0.25, -0.2) is 4.68 Å². The molecule has 2 aromatic carbocycles. The van der Waals surface area contributed by atoms with E-state index in [0.717, 1.165) is 44.1 Å². The number of nitrogens with zero attached hydrogens (tertiary/aromatic N) is 3. The van der Waals surface area contributed by atoms with E-state index in [9.17, 15) is 4.79 Å². The molecular formula is C22H24N4O2.